The van der Waals surface area contributed by atoms with E-state index in [9.17, 15) is 26.3 Å². The van der Waals surface area contributed by atoms with Crippen LogP contribution in [-0.2, 0) is 6.54 Å². The van der Waals surface area contributed by atoms with Crippen LogP contribution in [-0.4, -0.2) is 12.7 Å². The maximum Gasteiger partial charge on any atom is 0.573 e. The number of rotatable bonds is 4. The summed E-state index contributed by atoms with van der Waals surface area (Å²) < 4.78 is 82.1. The third-order valence-corrected chi connectivity index (χ3v) is 2.93. The lowest BCUT2D eigenvalue weighted by atomic mass is 10.0. The van der Waals surface area contributed by atoms with Gasteiger partial charge in [-0.15, -0.1) is 26.3 Å². The van der Waals surface area contributed by atoms with Crippen LogP contribution in [0.4, 0.5) is 26.3 Å². The second-order valence-electron chi connectivity index (χ2n) is 4.62. The Labute approximate surface area is 132 Å². The number of hydrogen-bond acceptors (Lipinski definition) is 3. The van der Waals surface area contributed by atoms with E-state index in [-0.39, 0.29) is 23.2 Å². The van der Waals surface area contributed by atoms with E-state index >= 15 is 0 Å². The third-order valence-electron chi connectivity index (χ3n) is 2.93. The van der Waals surface area contributed by atoms with E-state index in [1.54, 1.807) is 0 Å². The van der Waals surface area contributed by atoms with Gasteiger partial charge in [-0.2, -0.15) is 0 Å². The Morgan fingerprint density at radius 1 is 0.792 bits per heavy atom. The number of nitrogens with two attached hydrogens (primary N) is 1. The SMILES string of the molecule is NCc1cc(-c2ccccc2OC(F)(F)F)ccc1OC(F)(F)F. The highest BCUT2D eigenvalue weighted by Crippen LogP contribution is 2.36. The highest BCUT2D eigenvalue weighted by molar-refractivity contribution is 5.72. The molecule has 0 fully saturated rings. The van der Waals surface area contributed by atoms with Gasteiger partial charge < -0.3 is 15.2 Å². The van der Waals surface area contributed by atoms with Gasteiger partial charge in [-0.25, -0.2) is 0 Å². The molecule has 24 heavy (non-hydrogen) atoms. The van der Waals surface area contributed by atoms with E-state index in [1.807, 2.05) is 0 Å². The topological polar surface area (TPSA) is 44.5 Å². The number of alkyl halides is 6. The Balaban J connectivity index is 2.43. The number of para-hydroxylation sites is 1. The van der Waals surface area contributed by atoms with Crippen molar-refractivity contribution in [3.8, 4) is 22.6 Å². The van der Waals surface area contributed by atoms with Crippen molar-refractivity contribution in [3.63, 3.8) is 0 Å². The third kappa shape index (κ3) is 4.79. The molecule has 0 aliphatic carbocycles. The smallest absolute Gasteiger partial charge is 0.405 e. The van der Waals surface area contributed by atoms with E-state index in [2.05, 4.69) is 9.47 Å². The molecule has 0 aromatic heterocycles. The Bertz CT molecular complexity index is 712. The molecule has 0 unspecified atom stereocenters. The van der Waals surface area contributed by atoms with Gasteiger partial charge in [-0.3, -0.25) is 0 Å². The van der Waals surface area contributed by atoms with Gasteiger partial charge in [0.15, 0.2) is 0 Å². The summed E-state index contributed by atoms with van der Waals surface area (Å²) in [6.07, 6.45) is -9.80. The average Bonchev–Trinajstić information content (AvgIpc) is 2.45. The lowest BCUT2D eigenvalue weighted by Crippen LogP contribution is -2.19. The summed E-state index contributed by atoms with van der Waals surface area (Å²) in [6, 6.07) is 8.68. The molecule has 0 heterocycles. The zero-order chi connectivity index (χ0) is 18.0. The summed E-state index contributed by atoms with van der Waals surface area (Å²) >= 11 is 0. The van der Waals surface area contributed by atoms with Crippen molar-refractivity contribution in [1.29, 1.82) is 0 Å². The Morgan fingerprint density at radius 2 is 1.38 bits per heavy atom. The van der Waals surface area contributed by atoms with Crippen molar-refractivity contribution in [2.24, 2.45) is 5.73 Å². The number of halogens is 6. The molecule has 0 amide bonds. The first-order chi connectivity index (χ1) is 11.1. The molecule has 2 N–H and O–H groups in total. The number of hydrogen-bond donors (Lipinski definition) is 1. The summed E-state index contributed by atoms with van der Waals surface area (Å²) in [5, 5.41) is 0. The second-order valence-corrected chi connectivity index (χ2v) is 4.62. The van der Waals surface area contributed by atoms with E-state index in [1.165, 1.54) is 30.3 Å². The van der Waals surface area contributed by atoms with Crippen molar-refractivity contribution in [2.75, 3.05) is 0 Å². The molecule has 0 aliphatic heterocycles. The zero-order valence-corrected chi connectivity index (χ0v) is 11.9. The predicted molar refractivity (Wildman–Crippen MR) is 73.1 cm³/mol. The molecule has 130 valence electrons. The van der Waals surface area contributed by atoms with Crippen LogP contribution in [0, 0.1) is 0 Å². The summed E-state index contributed by atoms with van der Waals surface area (Å²) in [4.78, 5) is 0. The quantitative estimate of drug-likeness (QED) is 0.818. The van der Waals surface area contributed by atoms with Crippen molar-refractivity contribution in [3.05, 3.63) is 48.0 Å². The van der Waals surface area contributed by atoms with Crippen LogP contribution >= 0.6 is 0 Å². The van der Waals surface area contributed by atoms with Crippen LogP contribution in [0.2, 0.25) is 0 Å². The fraction of sp³-hybridized carbons (Fsp3) is 0.200. The normalized spacial score (nSPS) is 12.1. The number of benzene rings is 2. The highest BCUT2D eigenvalue weighted by Gasteiger charge is 2.33. The van der Waals surface area contributed by atoms with E-state index < -0.39 is 24.2 Å². The average molecular weight is 351 g/mol. The van der Waals surface area contributed by atoms with Crippen LogP contribution in [0.25, 0.3) is 11.1 Å². The summed E-state index contributed by atoms with van der Waals surface area (Å²) in [5.74, 6) is -0.986. The molecule has 0 bridgehead atoms. The van der Waals surface area contributed by atoms with Gasteiger partial charge >= 0.3 is 12.7 Å². The van der Waals surface area contributed by atoms with Gasteiger partial charge in [0.05, 0.1) is 0 Å². The maximum absolute atomic E-state index is 12.4. The minimum absolute atomic E-state index is 0.00774. The lowest BCUT2D eigenvalue weighted by molar-refractivity contribution is -0.275. The predicted octanol–water partition coefficient (Wildman–Crippen LogP) is 4.61. The molecule has 0 spiro atoms. The second kappa shape index (κ2) is 6.60. The van der Waals surface area contributed by atoms with Crippen molar-refractivity contribution < 1.29 is 35.8 Å². The first-order valence-corrected chi connectivity index (χ1v) is 6.53. The minimum Gasteiger partial charge on any atom is -0.405 e. The molecule has 0 saturated heterocycles. The zero-order valence-electron chi connectivity index (χ0n) is 11.9. The molecule has 0 radical (unpaired) electrons. The molecule has 0 atom stereocenters. The lowest BCUT2D eigenvalue weighted by Gasteiger charge is -2.16. The monoisotopic (exact) mass is 351 g/mol. The summed E-state index contributed by atoms with van der Waals surface area (Å²) in [5.41, 5.74) is 5.66. The first-order valence-electron chi connectivity index (χ1n) is 6.53. The molecule has 3 nitrogen and oxygen atoms in total. The van der Waals surface area contributed by atoms with E-state index in [0.29, 0.717) is 0 Å². The van der Waals surface area contributed by atoms with Gasteiger partial charge in [-0.05, 0) is 23.8 Å². The van der Waals surface area contributed by atoms with Gasteiger partial charge in [0, 0.05) is 17.7 Å². The van der Waals surface area contributed by atoms with Gasteiger partial charge in [-0.1, -0.05) is 24.3 Å². The molecular weight excluding hydrogens is 340 g/mol. The fourth-order valence-electron chi connectivity index (χ4n) is 2.05. The van der Waals surface area contributed by atoms with Crippen LogP contribution in [0.5, 0.6) is 11.5 Å². The highest BCUT2D eigenvalue weighted by atomic mass is 19.4. The van der Waals surface area contributed by atoms with Crippen LogP contribution in [0.1, 0.15) is 5.56 Å². The largest absolute Gasteiger partial charge is 0.573 e. The maximum atomic E-state index is 12.4. The van der Waals surface area contributed by atoms with Crippen LogP contribution < -0.4 is 15.2 Å². The molecule has 2 rings (SSSR count). The Morgan fingerprint density at radius 3 is 1.96 bits per heavy atom. The van der Waals surface area contributed by atoms with E-state index in [0.717, 1.165) is 12.1 Å². The van der Waals surface area contributed by atoms with Gasteiger partial charge in [0.25, 0.3) is 0 Å². The number of ether oxygens (including phenoxy) is 2. The van der Waals surface area contributed by atoms with Gasteiger partial charge in [0.1, 0.15) is 11.5 Å². The Kier molecular flexibility index (Phi) is 4.93. The summed E-state index contributed by atoms with van der Waals surface area (Å²) in [7, 11) is 0. The van der Waals surface area contributed by atoms with Gasteiger partial charge in [0.2, 0.25) is 0 Å². The Hall–Kier alpha value is -2.42. The molecule has 2 aromatic carbocycles. The van der Waals surface area contributed by atoms with Crippen molar-refractivity contribution >= 4 is 0 Å². The summed E-state index contributed by atoms with van der Waals surface area (Å²) in [6.45, 7) is -0.290. The van der Waals surface area contributed by atoms with Crippen molar-refractivity contribution in [1.82, 2.24) is 0 Å². The minimum atomic E-state index is -4.90. The molecular formula is C15H11F6NO2. The van der Waals surface area contributed by atoms with E-state index in [4.69, 9.17) is 5.73 Å². The molecule has 9 heteroatoms. The standard InChI is InChI=1S/C15H11F6NO2/c16-14(17,18)23-12-6-5-9(7-10(12)8-22)11-3-1-2-4-13(11)24-15(19,20)21/h1-7H,8,22H2. The fourth-order valence-corrected chi connectivity index (χ4v) is 2.05. The van der Waals surface area contributed by atoms with Crippen LogP contribution in [0.15, 0.2) is 42.5 Å². The molecule has 0 aliphatic rings. The van der Waals surface area contributed by atoms with Crippen molar-refractivity contribution in [2.45, 2.75) is 19.3 Å². The van der Waals surface area contributed by atoms with Crippen LogP contribution in [0.3, 0.4) is 0 Å². The molecule has 0 saturated carbocycles. The first kappa shape index (κ1) is 17.9. The molecule has 2 aromatic rings.